The number of anilines is 1. The van der Waals surface area contributed by atoms with Crippen LogP contribution >= 0.6 is 0 Å². The Kier molecular flexibility index (Phi) is 5.39. The molecule has 0 bridgehead atoms. The number of hydrogen-bond donors (Lipinski definition) is 3. The van der Waals surface area contributed by atoms with Gasteiger partial charge in [0.05, 0.1) is 12.6 Å². The van der Waals surface area contributed by atoms with E-state index in [1.165, 1.54) is 6.08 Å². The van der Waals surface area contributed by atoms with Crippen LogP contribution in [-0.2, 0) is 4.79 Å². The number of nitrogen functional groups attached to an aromatic ring is 1. The molecule has 1 amide bonds. The normalized spacial score (nSPS) is 12.9. The van der Waals surface area contributed by atoms with Gasteiger partial charge in [-0.15, -0.1) is 0 Å². The van der Waals surface area contributed by atoms with Gasteiger partial charge in [-0.1, -0.05) is 26.0 Å². The van der Waals surface area contributed by atoms with Crippen molar-refractivity contribution in [1.29, 1.82) is 0 Å². The maximum atomic E-state index is 11.6. The Bertz CT molecular complexity index is 410. The molecule has 0 aliphatic carbocycles. The molecule has 0 spiro atoms. The average Bonchev–Trinajstić information content (AvgIpc) is 2.35. The number of nitrogens with two attached hydrogens (primary N) is 1. The van der Waals surface area contributed by atoms with E-state index in [1.807, 2.05) is 26.0 Å². The van der Waals surface area contributed by atoms with Gasteiger partial charge in [0, 0.05) is 11.8 Å². The van der Waals surface area contributed by atoms with Gasteiger partial charge in [-0.2, -0.15) is 0 Å². The van der Waals surface area contributed by atoms with Gasteiger partial charge < -0.3 is 16.2 Å². The number of aliphatic hydroxyl groups excluding tert-OH is 1. The molecular weight excluding hydrogens is 228 g/mol. The topological polar surface area (TPSA) is 75.3 Å². The molecule has 0 saturated heterocycles. The van der Waals surface area contributed by atoms with Gasteiger partial charge in [-0.3, -0.25) is 4.79 Å². The van der Waals surface area contributed by atoms with Gasteiger partial charge in [0.25, 0.3) is 0 Å². The zero-order chi connectivity index (χ0) is 13.5. The second-order valence-electron chi connectivity index (χ2n) is 4.54. The fraction of sp³-hybridized carbons (Fsp3) is 0.357. The summed E-state index contributed by atoms with van der Waals surface area (Å²) in [5.74, 6) is -0.0107. The largest absolute Gasteiger partial charge is 0.399 e. The minimum absolute atomic E-state index is 0.0564. The van der Waals surface area contributed by atoms with E-state index in [-0.39, 0.29) is 24.5 Å². The lowest BCUT2D eigenvalue weighted by atomic mass is 10.1. The highest BCUT2D eigenvalue weighted by molar-refractivity contribution is 5.91. The van der Waals surface area contributed by atoms with Gasteiger partial charge >= 0.3 is 0 Å². The molecule has 4 nitrogen and oxygen atoms in total. The molecule has 0 aromatic heterocycles. The summed E-state index contributed by atoms with van der Waals surface area (Å²) in [6.07, 6.45) is 3.17. The molecule has 0 heterocycles. The van der Waals surface area contributed by atoms with Crippen molar-refractivity contribution in [2.45, 2.75) is 19.9 Å². The molecule has 4 heteroatoms. The predicted octanol–water partition coefficient (Wildman–Crippen LogP) is 1.42. The lowest BCUT2D eigenvalue weighted by molar-refractivity contribution is -0.117. The predicted molar refractivity (Wildman–Crippen MR) is 73.7 cm³/mol. The molecule has 1 unspecified atom stereocenters. The molecule has 18 heavy (non-hydrogen) atoms. The van der Waals surface area contributed by atoms with Crippen LogP contribution in [0, 0.1) is 5.92 Å². The summed E-state index contributed by atoms with van der Waals surface area (Å²) in [4.78, 5) is 11.6. The van der Waals surface area contributed by atoms with Crippen molar-refractivity contribution < 1.29 is 9.90 Å². The molecule has 0 aliphatic rings. The van der Waals surface area contributed by atoms with Gasteiger partial charge in [-0.25, -0.2) is 0 Å². The van der Waals surface area contributed by atoms with Crippen molar-refractivity contribution in [2.24, 2.45) is 5.92 Å². The summed E-state index contributed by atoms with van der Waals surface area (Å²) in [7, 11) is 0. The van der Waals surface area contributed by atoms with Crippen molar-refractivity contribution in [3.8, 4) is 0 Å². The van der Waals surface area contributed by atoms with Crippen LogP contribution in [0.25, 0.3) is 6.08 Å². The molecular formula is C14H20N2O2. The Morgan fingerprint density at radius 3 is 2.50 bits per heavy atom. The van der Waals surface area contributed by atoms with Crippen LogP contribution < -0.4 is 11.1 Å². The standard InChI is InChI=1S/C14H20N2O2/c1-10(2)13(9-17)16-14(18)8-5-11-3-6-12(15)7-4-11/h3-8,10,13,17H,9,15H2,1-2H3,(H,16,18)/b8-5+. The van der Waals surface area contributed by atoms with Crippen molar-refractivity contribution >= 4 is 17.7 Å². The summed E-state index contributed by atoms with van der Waals surface area (Å²) in [6, 6.07) is 7.02. The second-order valence-corrected chi connectivity index (χ2v) is 4.54. The summed E-state index contributed by atoms with van der Waals surface area (Å²) < 4.78 is 0. The third kappa shape index (κ3) is 4.59. The number of rotatable bonds is 5. The lowest BCUT2D eigenvalue weighted by Gasteiger charge is -2.18. The number of nitrogens with one attached hydrogen (secondary N) is 1. The van der Waals surface area contributed by atoms with E-state index >= 15 is 0 Å². The molecule has 0 aliphatic heterocycles. The molecule has 1 aromatic carbocycles. The number of carbonyl (C=O) groups excluding carboxylic acids is 1. The number of aliphatic hydroxyl groups is 1. The van der Waals surface area contributed by atoms with Crippen molar-refractivity contribution in [2.75, 3.05) is 12.3 Å². The van der Waals surface area contributed by atoms with Gasteiger partial charge in [0.2, 0.25) is 5.91 Å². The van der Waals surface area contributed by atoms with Crippen LogP contribution in [0.4, 0.5) is 5.69 Å². The molecule has 4 N–H and O–H groups in total. The highest BCUT2D eigenvalue weighted by atomic mass is 16.3. The highest BCUT2D eigenvalue weighted by Crippen LogP contribution is 2.07. The number of benzene rings is 1. The Labute approximate surface area is 108 Å². The van der Waals surface area contributed by atoms with E-state index < -0.39 is 0 Å². The lowest BCUT2D eigenvalue weighted by Crippen LogP contribution is -2.40. The number of hydrogen-bond acceptors (Lipinski definition) is 3. The SMILES string of the molecule is CC(C)C(CO)NC(=O)/C=C/c1ccc(N)cc1. The molecule has 0 radical (unpaired) electrons. The maximum Gasteiger partial charge on any atom is 0.244 e. The smallest absolute Gasteiger partial charge is 0.244 e. The third-order valence-electron chi connectivity index (χ3n) is 2.69. The molecule has 1 atom stereocenters. The quantitative estimate of drug-likeness (QED) is 0.545. The van der Waals surface area contributed by atoms with Crippen molar-refractivity contribution in [3.63, 3.8) is 0 Å². The highest BCUT2D eigenvalue weighted by Gasteiger charge is 2.12. The Morgan fingerprint density at radius 2 is 2.00 bits per heavy atom. The summed E-state index contributed by atoms with van der Waals surface area (Å²) in [5.41, 5.74) is 7.17. The zero-order valence-electron chi connectivity index (χ0n) is 10.8. The molecule has 0 saturated carbocycles. The van der Waals surface area contributed by atoms with Crippen LogP contribution in [0.15, 0.2) is 30.3 Å². The second kappa shape index (κ2) is 6.81. The van der Waals surface area contributed by atoms with E-state index in [0.29, 0.717) is 5.69 Å². The minimum Gasteiger partial charge on any atom is -0.399 e. The first kappa shape index (κ1) is 14.3. The van der Waals surface area contributed by atoms with Gasteiger partial charge in [0.15, 0.2) is 0 Å². The molecule has 0 fully saturated rings. The molecule has 1 rings (SSSR count). The van der Waals surface area contributed by atoms with Crippen LogP contribution in [0.5, 0.6) is 0 Å². The number of amides is 1. The van der Waals surface area contributed by atoms with Gasteiger partial charge in [0.1, 0.15) is 0 Å². The van der Waals surface area contributed by atoms with E-state index in [9.17, 15) is 4.79 Å². The summed E-state index contributed by atoms with van der Waals surface area (Å²) >= 11 is 0. The third-order valence-corrected chi connectivity index (χ3v) is 2.69. The Morgan fingerprint density at radius 1 is 1.39 bits per heavy atom. The van der Waals surface area contributed by atoms with Crippen LogP contribution in [0.1, 0.15) is 19.4 Å². The van der Waals surface area contributed by atoms with E-state index in [4.69, 9.17) is 10.8 Å². The van der Waals surface area contributed by atoms with E-state index in [1.54, 1.807) is 18.2 Å². The van der Waals surface area contributed by atoms with Crippen molar-refractivity contribution in [3.05, 3.63) is 35.9 Å². The fourth-order valence-electron chi connectivity index (χ4n) is 1.43. The summed E-state index contributed by atoms with van der Waals surface area (Å²) in [5, 5.41) is 11.9. The van der Waals surface area contributed by atoms with E-state index in [2.05, 4.69) is 5.32 Å². The maximum absolute atomic E-state index is 11.6. The molecule has 98 valence electrons. The Hall–Kier alpha value is -1.81. The first-order chi connectivity index (χ1) is 8.52. The fourth-order valence-corrected chi connectivity index (χ4v) is 1.43. The number of carbonyl (C=O) groups is 1. The molecule has 1 aromatic rings. The first-order valence-electron chi connectivity index (χ1n) is 5.98. The van der Waals surface area contributed by atoms with E-state index in [0.717, 1.165) is 5.56 Å². The van der Waals surface area contributed by atoms with Crippen molar-refractivity contribution in [1.82, 2.24) is 5.32 Å². The summed E-state index contributed by atoms with van der Waals surface area (Å²) in [6.45, 7) is 3.84. The Balaban J connectivity index is 2.56. The van der Waals surface area contributed by atoms with Gasteiger partial charge in [-0.05, 0) is 29.7 Å². The average molecular weight is 248 g/mol. The van der Waals surface area contributed by atoms with Crippen LogP contribution in [0.2, 0.25) is 0 Å². The van der Waals surface area contributed by atoms with Crippen LogP contribution in [-0.4, -0.2) is 23.7 Å². The first-order valence-corrected chi connectivity index (χ1v) is 5.98. The minimum atomic E-state index is -0.214. The van der Waals surface area contributed by atoms with Crippen LogP contribution in [0.3, 0.4) is 0 Å². The zero-order valence-corrected chi connectivity index (χ0v) is 10.8. The monoisotopic (exact) mass is 248 g/mol.